The summed E-state index contributed by atoms with van der Waals surface area (Å²) in [5, 5.41) is 13.3. The average Bonchev–Trinajstić information content (AvgIpc) is 3.79. The first-order chi connectivity index (χ1) is 23.5. The molecule has 0 unspecified atom stereocenters. The molecule has 1 saturated carbocycles. The van der Waals surface area contributed by atoms with Crippen LogP contribution >= 0.6 is 0 Å². The van der Waals surface area contributed by atoms with Gasteiger partial charge in [-0.15, -0.1) is 0 Å². The number of rotatable bonds is 13. The normalized spacial score (nSPS) is 16.3. The largest absolute Gasteiger partial charge is 0.490 e. The van der Waals surface area contributed by atoms with Crippen molar-refractivity contribution in [1.82, 2.24) is 9.55 Å². The molecule has 258 valence electrons. The molecule has 9 nitrogen and oxygen atoms in total. The Balaban J connectivity index is 1.30. The van der Waals surface area contributed by atoms with Gasteiger partial charge in [-0.2, -0.15) is 5.26 Å². The first-order valence-corrected chi connectivity index (χ1v) is 20.6. The number of ether oxygens (including phenoxy) is 4. The van der Waals surface area contributed by atoms with Gasteiger partial charge in [0, 0.05) is 56.4 Å². The predicted molar refractivity (Wildman–Crippen MR) is 189 cm³/mol. The molecule has 0 radical (unpaired) electrons. The van der Waals surface area contributed by atoms with Gasteiger partial charge in [-0.3, -0.25) is 0 Å². The maximum Gasteiger partial charge on any atom is 0.289 e. The lowest BCUT2D eigenvalue weighted by atomic mass is 10.0. The van der Waals surface area contributed by atoms with E-state index in [1.54, 1.807) is 18.2 Å². The average molecular weight is 688 g/mol. The second-order valence-corrected chi connectivity index (χ2v) is 20.0. The standard InChI is InChI=1S/C37H43F2N5O4Si/c1-23(2)47-32-9-8-26(15-27(32)18-40)29-20-44(22-45-12-13-49(3,4)5)36-34(29)33(10-11-41-36)48-35-30(38)16-28(17-31(35)39)43-37-42-19-25(21-46-37)14-24-6-7-24/h8-11,15-17,20,23-25H,6-7,12-14,19,21-22H2,1-5H3,(H,42,43)/t25-/m1/s1. The first-order valence-electron chi connectivity index (χ1n) is 16.9. The van der Waals surface area contributed by atoms with Crippen LogP contribution in [0.15, 0.2) is 53.8 Å². The van der Waals surface area contributed by atoms with E-state index < -0.39 is 25.5 Å². The molecule has 1 aliphatic heterocycles. The number of aliphatic imine (C=N–C) groups is 1. The van der Waals surface area contributed by atoms with Crippen LogP contribution in [0.5, 0.6) is 17.2 Å². The van der Waals surface area contributed by atoms with E-state index in [1.165, 1.54) is 19.0 Å². The predicted octanol–water partition coefficient (Wildman–Crippen LogP) is 8.96. The highest BCUT2D eigenvalue weighted by molar-refractivity contribution is 6.76. The smallest absolute Gasteiger partial charge is 0.289 e. The Hall–Kier alpha value is -4.47. The third-order valence-corrected chi connectivity index (χ3v) is 10.2. The van der Waals surface area contributed by atoms with E-state index in [2.05, 4.69) is 41.0 Å². The molecule has 0 spiro atoms. The zero-order chi connectivity index (χ0) is 34.7. The van der Waals surface area contributed by atoms with E-state index in [1.807, 2.05) is 30.7 Å². The number of nitrogens with zero attached hydrogens (tertiary/aromatic N) is 4. The van der Waals surface area contributed by atoms with Crippen molar-refractivity contribution in [2.75, 3.05) is 25.1 Å². The third kappa shape index (κ3) is 8.58. The molecule has 0 saturated heterocycles. The van der Waals surface area contributed by atoms with Crippen molar-refractivity contribution >= 4 is 30.8 Å². The van der Waals surface area contributed by atoms with E-state index in [4.69, 9.17) is 18.9 Å². The monoisotopic (exact) mass is 687 g/mol. The van der Waals surface area contributed by atoms with Crippen LogP contribution in [0.1, 0.15) is 38.7 Å². The molecule has 4 aromatic rings. The summed E-state index contributed by atoms with van der Waals surface area (Å²) >= 11 is 0. The number of pyridine rings is 1. The highest BCUT2D eigenvalue weighted by Crippen LogP contribution is 2.41. The summed E-state index contributed by atoms with van der Waals surface area (Å²) in [6.45, 7) is 12.6. The molecule has 49 heavy (non-hydrogen) atoms. The van der Waals surface area contributed by atoms with Crippen LogP contribution in [0, 0.1) is 34.8 Å². The number of halogens is 2. The van der Waals surface area contributed by atoms with Gasteiger partial charge in [-0.25, -0.2) is 18.8 Å². The van der Waals surface area contributed by atoms with Gasteiger partial charge in [0.05, 0.1) is 30.2 Å². The van der Waals surface area contributed by atoms with Crippen LogP contribution in [-0.2, 0) is 16.2 Å². The van der Waals surface area contributed by atoms with Gasteiger partial charge >= 0.3 is 0 Å². The van der Waals surface area contributed by atoms with Gasteiger partial charge in [0.2, 0.25) is 0 Å². The number of aromatic nitrogens is 2. The summed E-state index contributed by atoms with van der Waals surface area (Å²) in [7, 11) is -1.31. The number of nitriles is 1. The Bertz CT molecular complexity index is 1870. The summed E-state index contributed by atoms with van der Waals surface area (Å²) in [5.74, 6) is -0.539. The number of hydrogen-bond acceptors (Lipinski definition) is 8. The maximum absolute atomic E-state index is 15.6. The molecule has 2 aliphatic rings. The number of nitrogens with one attached hydrogen (secondary N) is 1. The van der Waals surface area contributed by atoms with Crippen LogP contribution in [-0.4, -0.2) is 49.5 Å². The van der Waals surface area contributed by atoms with E-state index in [0.717, 1.165) is 30.5 Å². The molecule has 12 heteroatoms. The molecule has 1 N–H and O–H groups in total. The summed E-state index contributed by atoms with van der Waals surface area (Å²) < 4.78 is 56.6. The van der Waals surface area contributed by atoms with Crippen molar-refractivity contribution < 1.29 is 27.7 Å². The zero-order valence-corrected chi connectivity index (χ0v) is 29.7. The van der Waals surface area contributed by atoms with Crippen LogP contribution in [0.2, 0.25) is 25.7 Å². The minimum absolute atomic E-state index is 0.115. The van der Waals surface area contributed by atoms with Gasteiger partial charge in [0.25, 0.3) is 6.02 Å². The van der Waals surface area contributed by atoms with Crippen LogP contribution in [0.3, 0.4) is 0 Å². The Labute approximate surface area is 286 Å². The van der Waals surface area contributed by atoms with Gasteiger partial charge in [-0.1, -0.05) is 38.5 Å². The highest BCUT2D eigenvalue weighted by atomic mass is 28.3. The summed E-state index contributed by atoms with van der Waals surface area (Å²) in [6.07, 6.45) is 6.91. The highest BCUT2D eigenvalue weighted by Gasteiger charge is 2.28. The number of hydrogen-bond donors (Lipinski definition) is 1. The van der Waals surface area contributed by atoms with E-state index in [0.29, 0.717) is 59.1 Å². The Morgan fingerprint density at radius 3 is 2.51 bits per heavy atom. The Morgan fingerprint density at radius 1 is 1.08 bits per heavy atom. The zero-order valence-electron chi connectivity index (χ0n) is 28.7. The van der Waals surface area contributed by atoms with E-state index in [-0.39, 0.29) is 30.3 Å². The Kier molecular flexibility index (Phi) is 10.2. The number of amidine groups is 1. The third-order valence-electron chi connectivity index (χ3n) is 8.49. The van der Waals surface area contributed by atoms with Crippen molar-refractivity contribution in [3.05, 3.63) is 66.0 Å². The molecule has 0 amide bonds. The summed E-state index contributed by atoms with van der Waals surface area (Å²) in [5.41, 5.74) is 2.37. The summed E-state index contributed by atoms with van der Waals surface area (Å²) in [4.78, 5) is 9.05. The van der Waals surface area contributed by atoms with Crippen LogP contribution < -0.4 is 14.8 Å². The minimum atomic E-state index is -1.31. The van der Waals surface area contributed by atoms with Crippen molar-refractivity contribution in [1.29, 1.82) is 5.26 Å². The summed E-state index contributed by atoms with van der Waals surface area (Å²) in [6, 6.07) is 12.6. The molecule has 0 bridgehead atoms. The fourth-order valence-corrected chi connectivity index (χ4v) is 6.54. The Morgan fingerprint density at radius 2 is 1.86 bits per heavy atom. The van der Waals surface area contributed by atoms with Gasteiger partial charge < -0.3 is 28.8 Å². The molecule has 2 aromatic heterocycles. The number of fused-ring (bicyclic) bond motifs is 1. The molecule has 1 atom stereocenters. The quantitative estimate of drug-likeness (QED) is 0.111. The molecular formula is C37H43F2N5O4Si. The molecule has 1 aliphatic carbocycles. The lowest BCUT2D eigenvalue weighted by molar-refractivity contribution is 0.0899. The minimum Gasteiger partial charge on any atom is -0.490 e. The number of anilines is 1. The lowest BCUT2D eigenvalue weighted by Crippen LogP contribution is -2.28. The van der Waals surface area contributed by atoms with Crippen molar-refractivity contribution in [3.63, 3.8) is 0 Å². The fraction of sp³-hybridized carbons (Fsp3) is 0.432. The topological polar surface area (TPSA) is 103 Å². The molecule has 3 heterocycles. The molecular weight excluding hydrogens is 645 g/mol. The first kappa shape index (κ1) is 34.4. The van der Waals surface area contributed by atoms with E-state index in [9.17, 15) is 5.26 Å². The lowest BCUT2D eigenvalue weighted by Gasteiger charge is -2.22. The molecule has 1 fully saturated rings. The number of benzene rings is 2. The van der Waals surface area contributed by atoms with Gasteiger partial charge in [0.1, 0.15) is 29.9 Å². The second kappa shape index (κ2) is 14.6. The maximum atomic E-state index is 15.6. The van der Waals surface area contributed by atoms with Crippen LogP contribution in [0.4, 0.5) is 14.5 Å². The van der Waals surface area contributed by atoms with Crippen LogP contribution in [0.25, 0.3) is 22.2 Å². The van der Waals surface area contributed by atoms with Crippen molar-refractivity contribution in [2.45, 2.75) is 71.6 Å². The molecule has 2 aromatic carbocycles. The van der Waals surface area contributed by atoms with Gasteiger partial charge in [0.15, 0.2) is 17.4 Å². The second-order valence-electron chi connectivity index (χ2n) is 14.4. The SMILES string of the molecule is CC(C)Oc1ccc(-c2cn(COCC[Si](C)(C)C)c3nccc(Oc4c(F)cc(NC5=NC[C@@H](CC6CC6)CO5)cc4F)c23)cc1C#N. The van der Waals surface area contributed by atoms with Crippen molar-refractivity contribution in [2.24, 2.45) is 16.8 Å². The van der Waals surface area contributed by atoms with Crippen molar-refractivity contribution in [3.8, 4) is 34.4 Å². The van der Waals surface area contributed by atoms with E-state index >= 15 is 8.78 Å². The van der Waals surface area contributed by atoms with Gasteiger partial charge in [-0.05, 0) is 56.0 Å². The fourth-order valence-electron chi connectivity index (χ4n) is 5.78. The molecule has 6 rings (SSSR count).